The zero-order chi connectivity index (χ0) is 19.0. The van der Waals surface area contributed by atoms with Gasteiger partial charge in [0.25, 0.3) is 0 Å². The van der Waals surface area contributed by atoms with E-state index in [4.69, 9.17) is 16.3 Å². The van der Waals surface area contributed by atoms with Crippen LogP contribution in [0.4, 0.5) is 4.79 Å². The molecule has 10 heteroatoms. The van der Waals surface area contributed by atoms with E-state index in [-0.39, 0.29) is 24.5 Å². The number of amides is 2. The first-order valence-electron chi connectivity index (χ1n) is 7.64. The van der Waals surface area contributed by atoms with E-state index in [1.807, 2.05) is 0 Å². The number of esters is 1. The minimum absolute atomic E-state index is 0.0244. The van der Waals surface area contributed by atoms with Crippen molar-refractivity contribution in [3.05, 3.63) is 17.2 Å². The summed E-state index contributed by atoms with van der Waals surface area (Å²) in [5, 5.41) is 5.23. The van der Waals surface area contributed by atoms with Gasteiger partial charge in [-0.25, -0.2) is 14.6 Å². The molecule has 1 heterocycles. The molecule has 2 amide bonds. The van der Waals surface area contributed by atoms with Gasteiger partial charge in [0.2, 0.25) is 5.91 Å². The minimum Gasteiger partial charge on any atom is -0.467 e. The van der Waals surface area contributed by atoms with Crippen LogP contribution in [0.1, 0.15) is 32.9 Å². The number of imidazole rings is 1. The molecule has 140 valence electrons. The van der Waals surface area contributed by atoms with Crippen LogP contribution in [0.5, 0.6) is 0 Å². The number of ether oxygens (including phenoxy) is 2. The van der Waals surface area contributed by atoms with Crippen LogP contribution < -0.4 is 10.6 Å². The van der Waals surface area contributed by atoms with Crippen molar-refractivity contribution in [1.82, 2.24) is 20.6 Å². The number of nitrogens with one attached hydrogen (secondary N) is 3. The second kappa shape index (κ2) is 9.26. The first-order chi connectivity index (χ1) is 11.6. The third kappa shape index (κ3) is 7.88. The van der Waals surface area contributed by atoms with Crippen LogP contribution in [-0.2, 0) is 25.5 Å². The monoisotopic (exact) mass is 374 g/mol. The Hall–Kier alpha value is -2.29. The SMILES string of the molecule is COC(=O)[C@H](Cc1[nH]cnc1Cl)NC(=O)CCNC(=O)OC(C)(C)C. The van der Waals surface area contributed by atoms with E-state index >= 15 is 0 Å². The average molecular weight is 375 g/mol. The maximum absolute atomic E-state index is 12.0. The highest BCUT2D eigenvalue weighted by atomic mass is 35.5. The van der Waals surface area contributed by atoms with Gasteiger partial charge in [-0.2, -0.15) is 0 Å². The van der Waals surface area contributed by atoms with Crippen LogP contribution in [0.3, 0.4) is 0 Å². The fourth-order valence-corrected chi connectivity index (χ4v) is 2.03. The van der Waals surface area contributed by atoms with Crippen molar-refractivity contribution in [2.24, 2.45) is 0 Å². The minimum atomic E-state index is -0.919. The van der Waals surface area contributed by atoms with Crippen LogP contribution in [-0.4, -0.2) is 53.2 Å². The van der Waals surface area contributed by atoms with Gasteiger partial charge in [-0.3, -0.25) is 4.79 Å². The molecule has 0 spiro atoms. The van der Waals surface area contributed by atoms with Gasteiger partial charge < -0.3 is 25.1 Å². The predicted octanol–water partition coefficient (Wildman–Crippen LogP) is 1.18. The largest absolute Gasteiger partial charge is 0.467 e. The predicted molar refractivity (Wildman–Crippen MR) is 90.1 cm³/mol. The second-order valence-corrected chi connectivity index (χ2v) is 6.56. The summed E-state index contributed by atoms with van der Waals surface area (Å²) < 4.78 is 9.74. The molecular weight excluding hydrogens is 352 g/mol. The highest BCUT2D eigenvalue weighted by Gasteiger charge is 2.24. The van der Waals surface area contributed by atoms with Gasteiger partial charge in [0, 0.05) is 19.4 Å². The van der Waals surface area contributed by atoms with Crippen molar-refractivity contribution in [2.45, 2.75) is 45.3 Å². The Balaban J connectivity index is 2.49. The summed E-state index contributed by atoms with van der Waals surface area (Å²) in [6.07, 6.45) is 0.854. The van der Waals surface area contributed by atoms with Gasteiger partial charge in [0.15, 0.2) is 0 Å². The summed E-state index contributed by atoms with van der Waals surface area (Å²) in [6, 6.07) is -0.919. The van der Waals surface area contributed by atoms with Gasteiger partial charge >= 0.3 is 12.1 Å². The van der Waals surface area contributed by atoms with E-state index in [9.17, 15) is 14.4 Å². The molecule has 0 fully saturated rings. The molecule has 1 atom stereocenters. The lowest BCUT2D eigenvalue weighted by Gasteiger charge is -2.20. The third-order valence-electron chi connectivity index (χ3n) is 2.92. The fourth-order valence-electron chi connectivity index (χ4n) is 1.85. The van der Waals surface area contributed by atoms with Crippen LogP contribution in [0.25, 0.3) is 0 Å². The first-order valence-corrected chi connectivity index (χ1v) is 8.02. The van der Waals surface area contributed by atoms with Crippen LogP contribution >= 0.6 is 11.6 Å². The first kappa shape index (κ1) is 20.8. The van der Waals surface area contributed by atoms with E-state index in [2.05, 4.69) is 25.3 Å². The summed E-state index contributed by atoms with van der Waals surface area (Å²) in [6.45, 7) is 5.28. The van der Waals surface area contributed by atoms with Gasteiger partial charge in [-0.15, -0.1) is 0 Å². The number of carbonyl (C=O) groups excluding carboxylic acids is 3. The number of carbonyl (C=O) groups is 3. The zero-order valence-electron chi connectivity index (χ0n) is 14.6. The van der Waals surface area contributed by atoms with Crippen molar-refractivity contribution in [3.63, 3.8) is 0 Å². The molecule has 0 radical (unpaired) electrons. The van der Waals surface area contributed by atoms with Crippen LogP contribution in [0.15, 0.2) is 6.33 Å². The zero-order valence-corrected chi connectivity index (χ0v) is 15.4. The molecule has 0 saturated carbocycles. The lowest BCUT2D eigenvalue weighted by atomic mass is 10.1. The molecule has 0 aliphatic heterocycles. The Morgan fingerprint density at radius 1 is 1.36 bits per heavy atom. The molecule has 1 aromatic heterocycles. The standard InChI is InChI=1S/C15H23ClN4O5/c1-15(2,3)25-14(23)17-6-5-11(21)20-10(13(22)24-4)7-9-12(16)19-8-18-9/h8,10H,5-7H2,1-4H3,(H,17,23)(H,18,19)(H,20,21)/t10-/m0/s1. The average Bonchev–Trinajstić information content (AvgIpc) is 2.89. The Kier molecular flexibility index (Phi) is 7.69. The van der Waals surface area contributed by atoms with Gasteiger partial charge in [0.1, 0.15) is 16.8 Å². The van der Waals surface area contributed by atoms with Crippen molar-refractivity contribution in [2.75, 3.05) is 13.7 Å². The number of alkyl carbamates (subject to hydrolysis) is 1. The maximum atomic E-state index is 12.0. The van der Waals surface area contributed by atoms with Crippen LogP contribution in [0.2, 0.25) is 5.15 Å². The van der Waals surface area contributed by atoms with E-state index in [1.54, 1.807) is 20.8 Å². The van der Waals surface area contributed by atoms with Crippen molar-refractivity contribution in [3.8, 4) is 0 Å². The van der Waals surface area contributed by atoms with E-state index in [0.29, 0.717) is 5.69 Å². The molecule has 0 saturated heterocycles. The molecule has 25 heavy (non-hydrogen) atoms. The molecule has 0 bridgehead atoms. The molecule has 0 aliphatic carbocycles. The number of aromatic amines is 1. The normalized spacial score (nSPS) is 12.2. The summed E-state index contributed by atoms with van der Waals surface area (Å²) in [4.78, 5) is 41.9. The Labute approximate surface area is 150 Å². The number of hydrogen-bond acceptors (Lipinski definition) is 6. The highest BCUT2D eigenvalue weighted by Crippen LogP contribution is 2.12. The summed E-state index contributed by atoms with van der Waals surface area (Å²) >= 11 is 5.87. The molecular formula is C15H23ClN4O5. The number of hydrogen-bond donors (Lipinski definition) is 3. The van der Waals surface area contributed by atoms with Gasteiger partial charge in [-0.1, -0.05) is 11.6 Å². The Bertz CT molecular complexity index is 611. The number of rotatable bonds is 7. The molecule has 1 rings (SSSR count). The Morgan fingerprint density at radius 2 is 2.04 bits per heavy atom. The number of halogens is 1. The van der Waals surface area contributed by atoms with E-state index < -0.39 is 29.6 Å². The fraction of sp³-hybridized carbons (Fsp3) is 0.600. The lowest BCUT2D eigenvalue weighted by molar-refractivity contribution is -0.145. The van der Waals surface area contributed by atoms with Gasteiger partial charge in [0.05, 0.1) is 19.1 Å². The highest BCUT2D eigenvalue weighted by molar-refractivity contribution is 6.30. The Morgan fingerprint density at radius 3 is 2.56 bits per heavy atom. The van der Waals surface area contributed by atoms with Crippen LogP contribution in [0, 0.1) is 0 Å². The smallest absolute Gasteiger partial charge is 0.407 e. The quantitative estimate of drug-likeness (QED) is 0.616. The molecule has 0 aromatic carbocycles. The second-order valence-electron chi connectivity index (χ2n) is 6.20. The molecule has 1 aromatic rings. The third-order valence-corrected chi connectivity index (χ3v) is 3.24. The maximum Gasteiger partial charge on any atom is 0.407 e. The van der Waals surface area contributed by atoms with Gasteiger partial charge in [-0.05, 0) is 20.8 Å². The number of methoxy groups -OCH3 is 1. The number of nitrogens with zero attached hydrogens (tertiary/aromatic N) is 1. The summed E-state index contributed by atoms with van der Waals surface area (Å²) in [7, 11) is 1.22. The molecule has 9 nitrogen and oxygen atoms in total. The van der Waals surface area contributed by atoms with E-state index in [0.717, 1.165) is 0 Å². The summed E-state index contributed by atoms with van der Waals surface area (Å²) in [5.41, 5.74) is -0.115. The van der Waals surface area contributed by atoms with Crippen molar-refractivity contribution >= 4 is 29.6 Å². The summed E-state index contributed by atoms with van der Waals surface area (Å²) in [5.74, 6) is -1.04. The molecule has 3 N–H and O–H groups in total. The number of aromatic nitrogens is 2. The lowest BCUT2D eigenvalue weighted by Crippen LogP contribution is -2.44. The number of H-pyrrole nitrogens is 1. The van der Waals surface area contributed by atoms with E-state index in [1.165, 1.54) is 13.4 Å². The van der Waals surface area contributed by atoms with Crippen molar-refractivity contribution in [1.29, 1.82) is 0 Å². The molecule has 0 unspecified atom stereocenters. The van der Waals surface area contributed by atoms with Crippen molar-refractivity contribution < 1.29 is 23.9 Å². The molecule has 0 aliphatic rings. The topological polar surface area (TPSA) is 122 Å².